The van der Waals surface area contributed by atoms with Gasteiger partial charge in [-0.05, 0) is 36.4 Å². The zero-order valence-electron chi connectivity index (χ0n) is 16.3. The minimum absolute atomic E-state index is 0.0648. The summed E-state index contributed by atoms with van der Waals surface area (Å²) in [5, 5.41) is 3.12. The summed E-state index contributed by atoms with van der Waals surface area (Å²) in [4.78, 5) is 17.4. The Morgan fingerprint density at radius 1 is 1.13 bits per heavy atom. The van der Waals surface area contributed by atoms with E-state index in [9.17, 15) is 4.79 Å². The van der Waals surface area contributed by atoms with Crippen LogP contribution in [-0.4, -0.2) is 21.9 Å². The SMILES string of the molecule is O=C(NC1CCOc2ccccc21)c1cccc(OCc2cn3ccccc3n2)c1. The molecule has 1 aliphatic heterocycles. The maximum atomic E-state index is 12.8. The molecule has 0 fully saturated rings. The van der Waals surface area contributed by atoms with E-state index in [1.54, 1.807) is 12.1 Å². The monoisotopic (exact) mass is 399 g/mol. The van der Waals surface area contributed by atoms with Gasteiger partial charge in [0.15, 0.2) is 0 Å². The Labute approximate surface area is 174 Å². The average Bonchev–Trinajstić information content (AvgIpc) is 3.21. The predicted octanol–water partition coefficient (Wildman–Crippen LogP) is 4.17. The average molecular weight is 399 g/mol. The van der Waals surface area contributed by atoms with Crippen molar-refractivity contribution in [1.29, 1.82) is 0 Å². The number of aromatic nitrogens is 2. The van der Waals surface area contributed by atoms with Gasteiger partial charge in [-0.1, -0.05) is 30.3 Å². The van der Waals surface area contributed by atoms with E-state index in [4.69, 9.17) is 9.47 Å². The number of rotatable bonds is 5. The summed E-state index contributed by atoms with van der Waals surface area (Å²) in [7, 11) is 0. The first-order chi connectivity index (χ1) is 14.8. The van der Waals surface area contributed by atoms with E-state index in [-0.39, 0.29) is 11.9 Å². The second kappa shape index (κ2) is 7.91. The summed E-state index contributed by atoms with van der Waals surface area (Å²) in [5.41, 5.74) is 3.28. The molecule has 1 amide bonds. The first-order valence-corrected chi connectivity index (χ1v) is 9.94. The third-order valence-corrected chi connectivity index (χ3v) is 5.16. The smallest absolute Gasteiger partial charge is 0.251 e. The molecule has 0 bridgehead atoms. The number of nitrogens with one attached hydrogen (secondary N) is 1. The van der Waals surface area contributed by atoms with Crippen molar-refractivity contribution in [1.82, 2.24) is 14.7 Å². The highest BCUT2D eigenvalue weighted by Gasteiger charge is 2.23. The number of hydrogen-bond acceptors (Lipinski definition) is 4. The number of nitrogens with zero attached hydrogens (tertiary/aromatic N) is 2. The molecule has 3 heterocycles. The molecular formula is C24H21N3O3. The fourth-order valence-corrected chi connectivity index (χ4v) is 3.67. The maximum Gasteiger partial charge on any atom is 0.251 e. The molecule has 5 rings (SSSR count). The molecule has 1 atom stereocenters. The Kier molecular flexibility index (Phi) is 4.81. The van der Waals surface area contributed by atoms with Gasteiger partial charge in [-0.3, -0.25) is 4.79 Å². The molecule has 150 valence electrons. The summed E-state index contributed by atoms with van der Waals surface area (Å²) >= 11 is 0. The minimum Gasteiger partial charge on any atom is -0.493 e. The van der Waals surface area contributed by atoms with Crippen molar-refractivity contribution in [3.63, 3.8) is 0 Å². The third-order valence-electron chi connectivity index (χ3n) is 5.16. The van der Waals surface area contributed by atoms with Crippen molar-refractivity contribution >= 4 is 11.6 Å². The number of benzene rings is 2. The van der Waals surface area contributed by atoms with Crippen LogP contribution >= 0.6 is 0 Å². The van der Waals surface area contributed by atoms with Crippen molar-refractivity contribution < 1.29 is 14.3 Å². The number of ether oxygens (including phenoxy) is 2. The molecule has 30 heavy (non-hydrogen) atoms. The predicted molar refractivity (Wildman–Crippen MR) is 113 cm³/mol. The number of pyridine rings is 1. The van der Waals surface area contributed by atoms with E-state index < -0.39 is 0 Å². The van der Waals surface area contributed by atoms with Gasteiger partial charge in [0.25, 0.3) is 5.91 Å². The van der Waals surface area contributed by atoms with Crippen LogP contribution < -0.4 is 14.8 Å². The highest BCUT2D eigenvalue weighted by atomic mass is 16.5. The van der Waals surface area contributed by atoms with Crippen LogP contribution in [0.5, 0.6) is 11.5 Å². The maximum absolute atomic E-state index is 12.8. The quantitative estimate of drug-likeness (QED) is 0.547. The zero-order chi connectivity index (χ0) is 20.3. The number of amides is 1. The summed E-state index contributed by atoms with van der Waals surface area (Å²) in [6, 6.07) is 20.8. The van der Waals surface area contributed by atoms with Gasteiger partial charge < -0.3 is 19.2 Å². The molecule has 0 saturated carbocycles. The molecule has 1 aliphatic rings. The van der Waals surface area contributed by atoms with E-state index in [2.05, 4.69) is 10.3 Å². The summed E-state index contributed by atoms with van der Waals surface area (Å²) < 4.78 is 13.5. The lowest BCUT2D eigenvalue weighted by Gasteiger charge is -2.26. The number of fused-ring (bicyclic) bond motifs is 2. The molecule has 0 saturated heterocycles. The van der Waals surface area contributed by atoms with E-state index >= 15 is 0 Å². The summed E-state index contributed by atoms with van der Waals surface area (Å²) in [6.07, 6.45) is 4.63. The van der Waals surface area contributed by atoms with Gasteiger partial charge in [-0.2, -0.15) is 0 Å². The minimum atomic E-state index is -0.130. The van der Waals surface area contributed by atoms with E-state index in [0.29, 0.717) is 24.5 Å². The topological polar surface area (TPSA) is 64.9 Å². The number of carbonyl (C=O) groups is 1. The molecule has 1 N–H and O–H groups in total. The van der Waals surface area contributed by atoms with Crippen molar-refractivity contribution in [2.45, 2.75) is 19.1 Å². The van der Waals surface area contributed by atoms with Gasteiger partial charge in [-0.15, -0.1) is 0 Å². The first kappa shape index (κ1) is 18.2. The molecule has 4 aromatic rings. The fraction of sp³-hybridized carbons (Fsp3) is 0.167. The molecule has 6 heteroatoms. The molecule has 0 radical (unpaired) electrons. The van der Waals surface area contributed by atoms with Crippen molar-refractivity contribution in [3.05, 3.63) is 95.9 Å². The third kappa shape index (κ3) is 3.72. The van der Waals surface area contributed by atoms with Crippen LogP contribution in [0.4, 0.5) is 0 Å². The van der Waals surface area contributed by atoms with Gasteiger partial charge in [-0.25, -0.2) is 4.98 Å². The van der Waals surface area contributed by atoms with Gasteiger partial charge in [0.2, 0.25) is 0 Å². The Morgan fingerprint density at radius 3 is 2.97 bits per heavy atom. The van der Waals surface area contributed by atoms with Gasteiger partial charge in [0, 0.05) is 29.9 Å². The highest BCUT2D eigenvalue weighted by Crippen LogP contribution is 2.31. The van der Waals surface area contributed by atoms with Crippen LogP contribution in [0.2, 0.25) is 0 Å². The standard InChI is InChI=1S/C24H21N3O3/c28-24(26-21-11-13-29-22-9-2-1-8-20(21)22)17-6-5-7-19(14-17)30-16-18-15-27-12-4-3-10-23(27)25-18/h1-10,12,14-15,21H,11,13,16H2,(H,26,28). The molecule has 0 aliphatic carbocycles. The Balaban J connectivity index is 1.27. The number of para-hydroxylation sites is 1. The van der Waals surface area contributed by atoms with Crippen LogP contribution in [0, 0.1) is 0 Å². The first-order valence-electron chi connectivity index (χ1n) is 9.94. The lowest BCUT2D eigenvalue weighted by atomic mass is 10.00. The molecule has 2 aromatic heterocycles. The second-order valence-corrected chi connectivity index (χ2v) is 7.22. The molecule has 0 spiro atoms. The largest absolute Gasteiger partial charge is 0.493 e. The van der Waals surface area contributed by atoms with E-state index in [1.807, 2.05) is 71.4 Å². The summed E-state index contributed by atoms with van der Waals surface area (Å²) in [6.45, 7) is 0.921. The van der Waals surface area contributed by atoms with Crippen LogP contribution in [0.3, 0.4) is 0 Å². The molecule has 2 aromatic carbocycles. The number of imidazole rings is 1. The molecular weight excluding hydrogens is 378 g/mol. The van der Waals surface area contributed by atoms with Gasteiger partial charge in [0.1, 0.15) is 23.8 Å². The van der Waals surface area contributed by atoms with Crippen LogP contribution in [-0.2, 0) is 6.61 Å². The normalized spacial score (nSPS) is 15.3. The van der Waals surface area contributed by atoms with E-state index in [0.717, 1.165) is 29.1 Å². The number of carbonyl (C=O) groups excluding carboxylic acids is 1. The van der Waals surface area contributed by atoms with Crippen molar-refractivity contribution in [2.75, 3.05) is 6.61 Å². The lowest BCUT2D eigenvalue weighted by molar-refractivity contribution is 0.0924. The summed E-state index contributed by atoms with van der Waals surface area (Å²) in [5.74, 6) is 1.33. The van der Waals surface area contributed by atoms with Crippen LogP contribution in [0.25, 0.3) is 5.65 Å². The van der Waals surface area contributed by atoms with Crippen LogP contribution in [0.1, 0.15) is 34.1 Å². The fourth-order valence-electron chi connectivity index (χ4n) is 3.67. The Bertz CT molecular complexity index is 1170. The van der Waals surface area contributed by atoms with Crippen molar-refractivity contribution in [2.24, 2.45) is 0 Å². The van der Waals surface area contributed by atoms with Crippen LogP contribution in [0.15, 0.2) is 79.1 Å². The number of hydrogen-bond donors (Lipinski definition) is 1. The Hall–Kier alpha value is -3.80. The zero-order valence-corrected chi connectivity index (χ0v) is 16.3. The molecule has 1 unspecified atom stereocenters. The van der Waals surface area contributed by atoms with E-state index in [1.165, 1.54) is 0 Å². The van der Waals surface area contributed by atoms with Gasteiger partial charge >= 0.3 is 0 Å². The van der Waals surface area contributed by atoms with Crippen molar-refractivity contribution in [3.8, 4) is 11.5 Å². The molecule has 6 nitrogen and oxygen atoms in total. The lowest BCUT2D eigenvalue weighted by Crippen LogP contribution is -2.32. The second-order valence-electron chi connectivity index (χ2n) is 7.22. The Morgan fingerprint density at radius 2 is 2.03 bits per heavy atom. The highest BCUT2D eigenvalue weighted by molar-refractivity contribution is 5.94. The van der Waals surface area contributed by atoms with Gasteiger partial charge in [0.05, 0.1) is 18.3 Å².